The van der Waals surface area contributed by atoms with Crippen LogP contribution in [0.4, 0.5) is 11.6 Å². The van der Waals surface area contributed by atoms with Crippen molar-refractivity contribution >= 4 is 11.6 Å². The Hall–Kier alpha value is -2.24. The predicted molar refractivity (Wildman–Crippen MR) is 96.8 cm³/mol. The van der Waals surface area contributed by atoms with Crippen LogP contribution in [-0.2, 0) is 0 Å². The van der Waals surface area contributed by atoms with E-state index in [1.807, 2.05) is 12.4 Å². The van der Waals surface area contributed by atoms with Crippen molar-refractivity contribution in [1.29, 1.82) is 0 Å². The number of hydrogen-bond donors (Lipinski definition) is 0. The van der Waals surface area contributed by atoms with Crippen LogP contribution in [0, 0.1) is 18.8 Å². The Morgan fingerprint density at radius 2 is 1.76 bits per heavy atom. The molecule has 4 heterocycles. The summed E-state index contributed by atoms with van der Waals surface area (Å²) in [4.78, 5) is 22.9. The minimum absolute atomic E-state index is 0.596. The molecular formula is C19H24N6. The van der Waals surface area contributed by atoms with Crippen molar-refractivity contribution in [3.8, 4) is 0 Å². The summed E-state index contributed by atoms with van der Waals surface area (Å²) in [5.74, 6) is 5.26. The lowest BCUT2D eigenvalue weighted by Gasteiger charge is -2.26. The molecule has 25 heavy (non-hydrogen) atoms. The van der Waals surface area contributed by atoms with Crippen LogP contribution in [-0.4, -0.2) is 46.1 Å². The van der Waals surface area contributed by atoms with Crippen molar-refractivity contribution in [2.75, 3.05) is 36.0 Å². The van der Waals surface area contributed by atoms with Crippen LogP contribution >= 0.6 is 0 Å². The first-order chi connectivity index (χ1) is 12.3. The summed E-state index contributed by atoms with van der Waals surface area (Å²) in [5, 5.41) is 0. The normalized spacial score (nSPS) is 26.0. The van der Waals surface area contributed by atoms with Crippen molar-refractivity contribution in [2.45, 2.75) is 32.1 Å². The van der Waals surface area contributed by atoms with Crippen molar-refractivity contribution < 1.29 is 0 Å². The zero-order valence-electron chi connectivity index (χ0n) is 14.7. The third-order valence-corrected chi connectivity index (χ3v) is 6.11. The van der Waals surface area contributed by atoms with Crippen LogP contribution < -0.4 is 9.80 Å². The van der Waals surface area contributed by atoms with E-state index >= 15 is 0 Å². The molecule has 2 aliphatic heterocycles. The molecule has 2 aromatic rings. The van der Waals surface area contributed by atoms with Crippen LogP contribution in [0.25, 0.3) is 0 Å². The molecule has 1 saturated carbocycles. The highest BCUT2D eigenvalue weighted by Crippen LogP contribution is 2.37. The fourth-order valence-corrected chi connectivity index (χ4v) is 4.48. The van der Waals surface area contributed by atoms with E-state index in [2.05, 4.69) is 37.7 Å². The van der Waals surface area contributed by atoms with Gasteiger partial charge in [0.1, 0.15) is 23.8 Å². The highest BCUT2D eigenvalue weighted by Gasteiger charge is 2.41. The third kappa shape index (κ3) is 2.64. The third-order valence-electron chi connectivity index (χ3n) is 6.11. The Kier molecular flexibility index (Phi) is 3.57. The molecule has 2 atom stereocenters. The molecule has 6 heteroatoms. The Balaban J connectivity index is 1.29. The fourth-order valence-electron chi connectivity index (χ4n) is 4.48. The molecular weight excluding hydrogens is 312 g/mol. The number of hydrogen-bond acceptors (Lipinski definition) is 6. The van der Waals surface area contributed by atoms with E-state index in [4.69, 9.17) is 4.98 Å². The lowest BCUT2D eigenvalue weighted by molar-refractivity contribution is 0.401. The van der Waals surface area contributed by atoms with Gasteiger partial charge in [0, 0.05) is 61.9 Å². The number of nitrogens with zero attached hydrogens (tertiary/aromatic N) is 6. The average molecular weight is 336 g/mol. The predicted octanol–water partition coefficient (Wildman–Crippen LogP) is 2.42. The van der Waals surface area contributed by atoms with E-state index in [-0.39, 0.29) is 0 Å². The monoisotopic (exact) mass is 336 g/mol. The molecule has 0 amide bonds. The van der Waals surface area contributed by atoms with Crippen molar-refractivity contribution in [3.63, 3.8) is 0 Å². The Morgan fingerprint density at radius 1 is 1.00 bits per heavy atom. The maximum absolute atomic E-state index is 4.88. The smallest absolute Gasteiger partial charge is 0.134 e. The molecule has 5 rings (SSSR count). The maximum atomic E-state index is 4.88. The van der Waals surface area contributed by atoms with E-state index in [1.54, 1.807) is 6.33 Å². The van der Waals surface area contributed by atoms with Crippen LogP contribution in [0.3, 0.4) is 0 Å². The Bertz CT molecular complexity index is 760. The molecule has 2 saturated heterocycles. The average Bonchev–Trinajstić information content (AvgIpc) is 3.13. The standard InChI is InChI=1S/C19H24N6/c1-13-7-20-12-22-19(13)25-10-15-8-24(9-16(15)11-25)17-5-6-21-18(23-17)14-3-2-4-14/h5-7,12,14-16H,2-4,8-11H2,1H3. The fraction of sp³-hybridized carbons (Fsp3) is 0.579. The first kappa shape index (κ1) is 15.0. The van der Waals surface area contributed by atoms with Crippen molar-refractivity contribution in [1.82, 2.24) is 19.9 Å². The summed E-state index contributed by atoms with van der Waals surface area (Å²) in [6, 6.07) is 2.08. The van der Waals surface area contributed by atoms with Gasteiger partial charge in [-0.25, -0.2) is 19.9 Å². The SMILES string of the molecule is Cc1cncnc1N1CC2CN(c3ccnc(C4CCC4)n3)CC2C1. The number of fused-ring (bicyclic) bond motifs is 1. The first-order valence-corrected chi connectivity index (χ1v) is 9.37. The van der Waals surface area contributed by atoms with Crippen LogP contribution in [0.5, 0.6) is 0 Å². The number of anilines is 2. The molecule has 3 fully saturated rings. The van der Waals surface area contributed by atoms with Crippen molar-refractivity contribution in [3.05, 3.63) is 36.2 Å². The van der Waals surface area contributed by atoms with Gasteiger partial charge in [0.15, 0.2) is 0 Å². The Morgan fingerprint density at radius 3 is 2.44 bits per heavy atom. The molecule has 2 aromatic heterocycles. The van der Waals surface area contributed by atoms with Gasteiger partial charge >= 0.3 is 0 Å². The molecule has 3 aliphatic rings. The summed E-state index contributed by atoms with van der Waals surface area (Å²) >= 11 is 0. The van der Waals surface area contributed by atoms with Gasteiger partial charge in [-0.3, -0.25) is 0 Å². The lowest BCUT2D eigenvalue weighted by atomic mass is 9.85. The van der Waals surface area contributed by atoms with Gasteiger partial charge in [0.25, 0.3) is 0 Å². The second kappa shape index (κ2) is 5.93. The van der Waals surface area contributed by atoms with Crippen molar-refractivity contribution in [2.24, 2.45) is 11.8 Å². The van der Waals surface area contributed by atoms with Crippen LogP contribution in [0.15, 0.2) is 24.8 Å². The highest BCUT2D eigenvalue weighted by molar-refractivity contribution is 5.48. The van der Waals surface area contributed by atoms with E-state index in [9.17, 15) is 0 Å². The largest absolute Gasteiger partial charge is 0.356 e. The van der Waals surface area contributed by atoms with Gasteiger partial charge < -0.3 is 9.80 Å². The second-order valence-electron chi connectivity index (χ2n) is 7.76. The molecule has 6 nitrogen and oxygen atoms in total. The van der Waals surface area contributed by atoms with Crippen LogP contribution in [0.1, 0.15) is 36.6 Å². The second-order valence-corrected chi connectivity index (χ2v) is 7.76. The number of rotatable bonds is 3. The van der Waals surface area contributed by atoms with E-state index in [0.717, 1.165) is 43.6 Å². The maximum Gasteiger partial charge on any atom is 0.134 e. The molecule has 0 aromatic carbocycles. The lowest BCUT2D eigenvalue weighted by Crippen LogP contribution is -2.30. The zero-order valence-corrected chi connectivity index (χ0v) is 14.7. The molecule has 0 N–H and O–H groups in total. The van der Waals surface area contributed by atoms with E-state index in [1.165, 1.54) is 24.8 Å². The topological polar surface area (TPSA) is 58.0 Å². The minimum Gasteiger partial charge on any atom is -0.356 e. The van der Waals surface area contributed by atoms with E-state index in [0.29, 0.717) is 17.8 Å². The highest BCUT2D eigenvalue weighted by atomic mass is 15.3. The van der Waals surface area contributed by atoms with Gasteiger partial charge in [-0.15, -0.1) is 0 Å². The van der Waals surface area contributed by atoms with Gasteiger partial charge in [-0.1, -0.05) is 6.42 Å². The summed E-state index contributed by atoms with van der Waals surface area (Å²) < 4.78 is 0. The molecule has 0 spiro atoms. The number of aromatic nitrogens is 4. The molecule has 0 bridgehead atoms. The van der Waals surface area contributed by atoms with Gasteiger partial charge in [-0.2, -0.15) is 0 Å². The quantitative estimate of drug-likeness (QED) is 0.858. The molecule has 130 valence electrons. The molecule has 1 aliphatic carbocycles. The van der Waals surface area contributed by atoms with Gasteiger partial charge in [0.05, 0.1) is 0 Å². The summed E-state index contributed by atoms with van der Waals surface area (Å²) in [6.45, 7) is 6.44. The first-order valence-electron chi connectivity index (χ1n) is 9.37. The number of aryl methyl sites for hydroxylation is 1. The summed E-state index contributed by atoms with van der Waals surface area (Å²) in [5.41, 5.74) is 1.17. The molecule has 2 unspecified atom stereocenters. The minimum atomic E-state index is 0.596. The van der Waals surface area contributed by atoms with Gasteiger partial charge in [0.2, 0.25) is 0 Å². The van der Waals surface area contributed by atoms with Gasteiger partial charge in [-0.05, 0) is 25.8 Å². The summed E-state index contributed by atoms with van der Waals surface area (Å²) in [6.07, 6.45) is 9.34. The Labute approximate surface area is 148 Å². The van der Waals surface area contributed by atoms with Crippen LogP contribution in [0.2, 0.25) is 0 Å². The molecule has 0 radical (unpaired) electrons. The summed E-state index contributed by atoms with van der Waals surface area (Å²) in [7, 11) is 0. The zero-order chi connectivity index (χ0) is 16.8. The van der Waals surface area contributed by atoms with E-state index < -0.39 is 0 Å².